The average Bonchev–Trinajstić information content (AvgIpc) is 2.48. The van der Waals surface area contributed by atoms with Crippen LogP contribution in [-0.2, 0) is 17.8 Å². The molecule has 0 bridgehead atoms. The Morgan fingerprint density at radius 2 is 2.10 bits per heavy atom. The molecule has 0 unspecified atom stereocenters. The topological polar surface area (TPSA) is 63.5 Å². The number of hydrogen-bond donors (Lipinski definition) is 0. The first-order valence-corrected chi connectivity index (χ1v) is 7.08. The number of aldehydes is 1. The maximum absolute atomic E-state index is 11.1. The van der Waals surface area contributed by atoms with Crippen LogP contribution >= 0.6 is 0 Å². The first kappa shape index (κ1) is 14.7. The van der Waals surface area contributed by atoms with Crippen LogP contribution in [0.4, 0.5) is 5.69 Å². The molecule has 0 atom stereocenters. The Bertz CT molecular complexity index is 494. The molecule has 108 valence electrons. The van der Waals surface area contributed by atoms with E-state index in [0.29, 0.717) is 6.42 Å². The molecule has 0 saturated carbocycles. The number of piperidine rings is 1. The highest BCUT2D eigenvalue weighted by molar-refractivity contribution is 5.53. The summed E-state index contributed by atoms with van der Waals surface area (Å²) in [6.45, 7) is 4.40. The molecule has 1 aromatic rings. The molecule has 1 saturated heterocycles. The molecule has 20 heavy (non-hydrogen) atoms. The van der Waals surface area contributed by atoms with Crippen LogP contribution in [0.1, 0.15) is 30.9 Å². The third-order valence-electron chi connectivity index (χ3n) is 3.96. The summed E-state index contributed by atoms with van der Waals surface area (Å²) < 4.78 is 0. The minimum absolute atomic E-state index is 0.183. The van der Waals surface area contributed by atoms with Gasteiger partial charge in [0.1, 0.15) is 6.29 Å². The Labute approximate surface area is 118 Å². The standard InChI is InChI=1S/C15H20N2O3/c1-2-14-4-3-13(9-15(14)17(19)20)10-16-7-5-12(11-18)6-8-16/h3-4,9,11-12H,2,5-8,10H2,1H3. The second kappa shape index (κ2) is 6.61. The lowest BCUT2D eigenvalue weighted by atomic mass is 9.98. The van der Waals surface area contributed by atoms with Crippen LogP contribution in [0.25, 0.3) is 0 Å². The fourth-order valence-corrected chi connectivity index (χ4v) is 2.68. The molecule has 1 aromatic carbocycles. The fraction of sp³-hybridized carbons (Fsp3) is 0.533. The molecule has 0 aliphatic carbocycles. The minimum atomic E-state index is -0.305. The highest BCUT2D eigenvalue weighted by Crippen LogP contribution is 2.23. The van der Waals surface area contributed by atoms with Crippen molar-refractivity contribution in [2.24, 2.45) is 5.92 Å². The summed E-state index contributed by atoms with van der Waals surface area (Å²) in [5.41, 5.74) is 1.96. The first-order valence-electron chi connectivity index (χ1n) is 7.08. The van der Waals surface area contributed by atoms with E-state index < -0.39 is 0 Å². The molecule has 2 rings (SSSR count). The molecule has 5 heteroatoms. The van der Waals surface area contributed by atoms with Gasteiger partial charge in [0.25, 0.3) is 5.69 Å². The summed E-state index contributed by atoms with van der Waals surface area (Å²) in [7, 11) is 0. The van der Waals surface area contributed by atoms with Crippen LogP contribution in [-0.4, -0.2) is 29.2 Å². The Balaban J connectivity index is 2.05. The Morgan fingerprint density at radius 3 is 2.65 bits per heavy atom. The zero-order valence-corrected chi connectivity index (χ0v) is 11.7. The van der Waals surface area contributed by atoms with Crippen molar-refractivity contribution >= 4 is 12.0 Å². The van der Waals surface area contributed by atoms with Gasteiger partial charge < -0.3 is 4.79 Å². The van der Waals surface area contributed by atoms with Gasteiger partial charge in [-0.3, -0.25) is 15.0 Å². The van der Waals surface area contributed by atoms with E-state index in [1.807, 2.05) is 19.1 Å². The molecule has 1 heterocycles. The monoisotopic (exact) mass is 276 g/mol. The van der Waals surface area contributed by atoms with Gasteiger partial charge in [0, 0.05) is 24.1 Å². The van der Waals surface area contributed by atoms with E-state index in [9.17, 15) is 14.9 Å². The minimum Gasteiger partial charge on any atom is -0.303 e. The number of carbonyl (C=O) groups is 1. The second-order valence-electron chi connectivity index (χ2n) is 5.32. The van der Waals surface area contributed by atoms with Crippen LogP contribution in [0.2, 0.25) is 0 Å². The smallest absolute Gasteiger partial charge is 0.272 e. The molecule has 0 spiro atoms. The van der Waals surface area contributed by atoms with Gasteiger partial charge in [-0.25, -0.2) is 0 Å². The van der Waals surface area contributed by atoms with E-state index in [1.54, 1.807) is 6.07 Å². The van der Waals surface area contributed by atoms with Crippen molar-refractivity contribution in [3.05, 3.63) is 39.4 Å². The summed E-state index contributed by atoms with van der Waals surface area (Å²) in [5.74, 6) is 0.183. The molecule has 0 N–H and O–H groups in total. The quantitative estimate of drug-likeness (QED) is 0.471. The first-order chi connectivity index (χ1) is 9.63. The Kier molecular flexibility index (Phi) is 4.84. The third kappa shape index (κ3) is 3.42. The van der Waals surface area contributed by atoms with Crippen molar-refractivity contribution in [3.63, 3.8) is 0 Å². The van der Waals surface area contributed by atoms with Crippen molar-refractivity contribution in [3.8, 4) is 0 Å². The van der Waals surface area contributed by atoms with Crippen molar-refractivity contribution in [2.45, 2.75) is 32.7 Å². The van der Waals surface area contributed by atoms with Crippen LogP contribution in [0.3, 0.4) is 0 Å². The highest BCUT2D eigenvalue weighted by Gasteiger charge is 2.20. The number of nitro benzene ring substituents is 1. The number of nitro groups is 1. The van der Waals surface area contributed by atoms with Gasteiger partial charge in [0.05, 0.1) is 4.92 Å². The maximum Gasteiger partial charge on any atom is 0.272 e. The third-order valence-corrected chi connectivity index (χ3v) is 3.96. The Morgan fingerprint density at radius 1 is 1.40 bits per heavy atom. The summed E-state index contributed by atoms with van der Waals surface area (Å²) in [4.78, 5) is 23.7. The lowest BCUT2D eigenvalue weighted by Crippen LogP contribution is -2.33. The molecule has 5 nitrogen and oxygen atoms in total. The van der Waals surface area contributed by atoms with E-state index in [1.165, 1.54) is 0 Å². The molecule has 0 amide bonds. The largest absolute Gasteiger partial charge is 0.303 e. The average molecular weight is 276 g/mol. The van der Waals surface area contributed by atoms with Crippen LogP contribution in [0.15, 0.2) is 18.2 Å². The molecule has 0 radical (unpaired) electrons. The van der Waals surface area contributed by atoms with Crippen molar-refractivity contribution in [1.29, 1.82) is 0 Å². The molecule has 1 aliphatic rings. The van der Waals surface area contributed by atoms with Gasteiger partial charge in [-0.2, -0.15) is 0 Å². The number of aryl methyl sites for hydroxylation is 1. The van der Waals surface area contributed by atoms with Gasteiger partial charge in [0.15, 0.2) is 0 Å². The summed E-state index contributed by atoms with van der Waals surface area (Å²) in [6.07, 6.45) is 3.48. The highest BCUT2D eigenvalue weighted by atomic mass is 16.6. The zero-order valence-electron chi connectivity index (χ0n) is 11.7. The number of carbonyl (C=O) groups excluding carboxylic acids is 1. The Hall–Kier alpha value is -1.75. The van der Waals surface area contributed by atoms with Gasteiger partial charge in [-0.1, -0.05) is 19.1 Å². The maximum atomic E-state index is 11.1. The molecule has 0 aromatic heterocycles. The lowest BCUT2D eigenvalue weighted by Gasteiger charge is -2.29. The molecule has 1 fully saturated rings. The van der Waals surface area contributed by atoms with E-state index in [-0.39, 0.29) is 16.5 Å². The predicted molar refractivity (Wildman–Crippen MR) is 76.5 cm³/mol. The SMILES string of the molecule is CCc1ccc(CN2CCC(C=O)CC2)cc1[N+](=O)[O-]. The molecular formula is C15H20N2O3. The van der Waals surface area contributed by atoms with Crippen molar-refractivity contribution in [2.75, 3.05) is 13.1 Å². The normalized spacial score (nSPS) is 17.1. The van der Waals surface area contributed by atoms with Gasteiger partial charge in [0.2, 0.25) is 0 Å². The second-order valence-corrected chi connectivity index (χ2v) is 5.32. The molecule has 1 aliphatic heterocycles. The van der Waals surface area contributed by atoms with Crippen molar-refractivity contribution < 1.29 is 9.72 Å². The van der Waals surface area contributed by atoms with E-state index in [2.05, 4.69) is 4.90 Å². The van der Waals surface area contributed by atoms with E-state index >= 15 is 0 Å². The zero-order chi connectivity index (χ0) is 14.5. The lowest BCUT2D eigenvalue weighted by molar-refractivity contribution is -0.385. The number of hydrogen-bond acceptors (Lipinski definition) is 4. The van der Waals surface area contributed by atoms with Crippen molar-refractivity contribution in [1.82, 2.24) is 4.90 Å². The van der Waals surface area contributed by atoms with Gasteiger partial charge in [-0.05, 0) is 37.9 Å². The van der Waals surface area contributed by atoms with Gasteiger partial charge in [-0.15, -0.1) is 0 Å². The van der Waals surface area contributed by atoms with Crippen LogP contribution in [0.5, 0.6) is 0 Å². The van der Waals surface area contributed by atoms with Gasteiger partial charge >= 0.3 is 0 Å². The van der Waals surface area contributed by atoms with E-state index in [4.69, 9.17) is 0 Å². The number of benzene rings is 1. The fourth-order valence-electron chi connectivity index (χ4n) is 2.68. The summed E-state index contributed by atoms with van der Waals surface area (Å²) >= 11 is 0. The number of rotatable bonds is 5. The predicted octanol–water partition coefficient (Wildman–Crippen LogP) is 2.57. The number of nitrogens with zero attached hydrogens (tertiary/aromatic N) is 2. The summed E-state index contributed by atoms with van der Waals surface area (Å²) in [5, 5.41) is 11.1. The van der Waals surface area contributed by atoms with Crippen LogP contribution in [0, 0.1) is 16.0 Å². The number of likely N-dealkylation sites (tertiary alicyclic amines) is 1. The van der Waals surface area contributed by atoms with Crippen LogP contribution < -0.4 is 0 Å². The summed E-state index contributed by atoms with van der Waals surface area (Å²) in [6, 6.07) is 5.51. The molecular weight excluding hydrogens is 256 g/mol. The van der Waals surface area contributed by atoms with E-state index in [0.717, 1.165) is 49.9 Å².